The Balaban J connectivity index is 0.000000357. The Bertz CT molecular complexity index is 1360. The number of benzene rings is 3. The molecule has 0 spiro atoms. The van der Waals surface area contributed by atoms with E-state index in [4.69, 9.17) is 0 Å². The molecular formula is C40H50Cl2Zr-2. The fraction of sp³-hybridized carbons (Fsp3) is 0.425. The number of rotatable bonds is 1. The van der Waals surface area contributed by atoms with E-state index in [-0.39, 0.29) is 41.1 Å². The summed E-state index contributed by atoms with van der Waals surface area (Å²) in [5.41, 5.74) is 14.4. The summed E-state index contributed by atoms with van der Waals surface area (Å²) in [6.07, 6.45) is 6.55. The van der Waals surface area contributed by atoms with Gasteiger partial charge in [-0.3, -0.25) is 6.08 Å². The first-order chi connectivity index (χ1) is 18.9. The third-order valence-electron chi connectivity index (χ3n) is 7.94. The summed E-state index contributed by atoms with van der Waals surface area (Å²) in [6.45, 7) is 26.7. The van der Waals surface area contributed by atoms with Crippen molar-refractivity contribution in [1.29, 1.82) is 0 Å². The zero-order chi connectivity index (χ0) is 30.8. The van der Waals surface area contributed by atoms with Crippen molar-refractivity contribution in [2.24, 2.45) is 5.92 Å². The van der Waals surface area contributed by atoms with E-state index in [0.717, 1.165) is 6.42 Å². The number of fused-ring (bicyclic) bond motifs is 3. The van der Waals surface area contributed by atoms with Crippen LogP contribution in [0.3, 0.4) is 0 Å². The van der Waals surface area contributed by atoms with Crippen LogP contribution in [0.5, 0.6) is 0 Å². The molecule has 0 aromatic heterocycles. The first kappa shape index (κ1) is 39.5. The van der Waals surface area contributed by atoms with Gasteiger partial charge in [0.1, 0.15) is 0 Å². The van der Waals surface area contributed by atoms with Gasteiger partial charge in [0.05, 0.1) is 0 Å². The molecule has 0 saturated heterocycles. The average molecular weight is 693 g/mol. The van der Waals surface area contributed by atoms with Gasteiger partial charge in [-0.15, -0.1) is 18.1 Å². The van der Waals surface area contributed by atoms with Gasteiger partial charge in [-0.25, -0.2) is 11.1 Å². The fourth-order valence-electron chi connectivity index (χ4n) is 5.10. The Kier molecular flexibility index (Phi) is 14.4. The van der Waals surface area contributed by atoms with Crippen LogP contribution in [-0.4, -0.2) is 3.71 Å². The van der Waals surface area contributed by atoms with E-state index in [1.54, 1.807) is 0 Å². The van der Waals surface area contributed by atoms with Gasteiger partial charge in [0.15, 0.2) is 0 Å². The van der Waals surface area contributed by atoms with Crippen molar-refractivity contribution >= 4 is 3.71 Å². The standard InChI is InChI=1S/C21H25.C11H14.C8H11.2ClH.Zr/c1-20(2,3)16-7-9-18-14(12-16)11-15-13-17(21(4,5)6)8-10-19(15)18;1-9-5-7-10(8-6-9)11(2,3)4;1-6-4-7(2)8(3)5-6;;;/h7-10,12H,11H2,1-6H3;1,5-8H,2-4H3;4,6H,1-3H3;2*1H;/q-1;;-1;;;+2/p-2. The molecule has 0 aliphatic heterocycles. The summed E-state index contributed by atoms with van der Waals surface area (Å²) >= 11 is 1.46. The molecule has 0 nitrogen and oxygen atoms in total. The molecule has 1 unspecified atom stereocenters. The molecule has 3 aromatic rings. The van der Waals surface area contributed by atoms with Crippen LogP contribution in [0.15, 0.2) is 71.8 Å². The Morgan fingerprint density at radius 2 is 1.26 bits per heavy atom. The summed E-state index contributed by atoms with van der Waals surface area (Å²) in [5.74, 6) is 0.551. The van der Waals surface area contributed by atoms with Crippen molar-refractivity contribution in [2.45, 2.75) is 106 Å². The zero-order valence-corrected chi connectivity index (χ0v) is 32.4. The molecule has 1 atom stereocenters. The molecule has 0 saturated carbocycles. The molecule has 0 amide bonds. The topological polar surface area (TPSA) is 0 Å². The van der Waals surface area contributed by atoms with Gasteiger partial charge in [-0.05, 0) is 28.4 Å². The number of allylic oxidation sites excluding steroid dienone is 4. The second kappa shape index (κ2) is 15.7. The molecule has 0 radical (unpaired) electrons. The molecule has 0 N–H and O–H groups in total. The van der Waals surface area contributed by atoms with Gasteiger partial charge in [0, 0.05) is 0 Å². The maximum atomic E-state index is 3.67. The third-order valence-corrected chi connectivity index (χ3v) is 8.76. The van der Waals surface area contributed by atoms with Crippen LogP contribution in [0.25, 0.3) is 11.1 Å². The molecule has 0 fully saturated rings. The van der Waals surface area contributed by atoms with Crippen molar-refractivity contribution in [3.8, 4) is 11.1 Å². The second-order valence-electron chi connectivity index (χ2n) is 14.7. The van der Waals surface area contributed by atoms with Crippen LogP contribution < -0.4 is 24.8 Å². The molecule has 0 heterocycles. The van der Waals surface area contributed by atoms with Crippen molar-refractivity contribution in [2.75, 3.05) is 0 Å². The zero-order valence-electron chi connectivity index (χ0n) is 28.4. The van der Waals surface area contributed by atoms with Crippen LogP contribution in [0.2, 0.25) is 0 Å². The normalized spacial score (nSPS) is 15.2. The molecule has 5 rings (SSSR count). The Morgan fingerprint density at radius 3 is 1.67 bits per heavy atom. The number of halogens is 2. The number of hydrogen-bond acceptors (Lipinski definition) is 0. The Morgan fingerprint density at radius 1 is 0.721 bits per heavy atom. The molecular weight excluding hydrogens is 643 g/mol. The SMILES string of the molecule is CC(C)(C)c1[c-]c2c(cc1)-c1ccc(C(C)(C)C)cc1C2.CC(C)(C)c1ccc([CH]=[Zr+2])cc1.CC1=[C-]C(C)C=C1C.[Cl-].[Cl-]. The summed E-state index contributed by atoms with van der Waals surface area (Å²) < 4.78 is 2.21. The number of hydrogen-bond donors (Lipinski definition) is 0. The van der Waals surface area contributed by atoms with Gasteiger partial charge >= 0.3 is 89.5 Å². The van der Waals surface area contributed by atoms with Crippen LogP contribution in [0.1, 0.15) is 116 Å². The van der Waals surface area contributed by atoms with E-state index in [9.17, 15) is 0 Å². The summed E-state index contributed by atoms with van der Waals surface area (Å²) in [5, 5.41) is 0. The second-order valence-corrected chi connectivity index (χ2v) is 15.4. The maximum absolute atomic E-state index is 3.67. The minimum absolute atomic E-state index is 0. The third kappa shape index (κ3) is 10.8. The maximum Gasteiger partial charge on any atom is -0.0733 e. The summed E-state index contributed by atoms with van der Waals surface area (Å²) in [6, 6.07) is 24.0. The van der Waals surface area contributed by atoms with Gasteiger partial charge in [-0.1, -0.05) is 85.1 Å². The van der Waals surface area contributed by atoms with E-state index < -0.39 is 0 Å². The monoisotopic (exact) mass is 690 g/mol. The van der Waals surface area contributed by atoms with Crippen LogP contribution >= 0.6 is 0 Å². The smallest absolute Gasteiger partial charge is 0.0733 e. The van der Waals surface area contributed by atoms with Crippen LogP contribution in [0, 0.1) is 18.1 Å². The predicted octanol–water partition coefficient (Wildman–Crippen LogP) is 4.67. The quantitative estimate of drug-likeness (QED) is 0.255. The predicted molar refractivity (Wildman–Crippen MR) is 177 cm³/mol. The minimum atomic E-state index is 0. The van der Waals surface area contributed by atoms with Crippen LogP contribution in [-0.2, 0) is 46.9 Å². The van der Waals surface area contributed by atoms with Gasteiger partial charge < -0.3 is 24.8 Å². The molecule has 0 bridgehead atoms. The van der Waals surface area contributed by atoms with Gasteiger partial charge in [0.2, 0.25) is 0 Å². The summed E-state index contributed by atoms with van der Waals surface area (Å²) in [7, 11) is 0. The average Bonchev–Trinajstić information content (AvgIpc) is 3.39. The van der Waals surface area contributed by atoms with Crippen molar-refractivity contribution in [3.05, 3.63) is 117 Å². The van der Waals surface area contributed by atoms with E-state index >= 15 is 0 Å². The molecule has 43 heavy (non-hydrogen) atoms. The Labute approximate surface area is 291 Å². The van der Waals surface area contributed by atoms with Crippen molar-refractivity contribution in [3.63, 3.8) is 0 Å². The molecule has 230 valence electrons. The van der Waals surface area contributed by atoms with Crippen molar-refractivity contribution < 1.29 is 49.0 Å². The van der Waals surface area contributed by atoms with E-state index in [1.165, 1.54) is 79.9 Å². The first-order valence-electron chi connectivity index (χ1n) is 15.0. The summed E-state index contributed by atoms with van der Waals surface area (Å²) in [4.78, 5) is 0. The molecule has 3 heteroatoms. The van der Waals surface area contributed by atoms with Gasteiger partial charge in [0.25, 0.3) is 0 Å². The first-order valence-corrected chi connectivity index (χ1v) is 16.4. The van der Waals surface area contributed by atoms with E-state index in [2.05, 4.69) is 160 Å². The van der Waals surface area contributed by atoms with E-state index in [0.29, 0.717) is 5.92 Å². The molecule has 3 aromatic carbocycles. The molecule has 2 aliphatic rings. The molecule has 2 aliphatic carbocycles. The van der Waals surface area contributed by atoms with Crippen molar-refractivity contribution in [1.82, 2.24) is 0 Å². The fourth-order valence-corrected chi connectivity index (χ4v) is 5.58. The minimum Gasteiger partial charge on any atom is -1.00 e. The van der Waals surface area contributed by atoms with Gasteiger partial charge in [-0.2, -0.15) is 29.8 Å². The van der Waals surface area contributed by atoms with Crippen LogP contribution in [0.4, 0.5) is 0 Å². The largest absolute Gasteiger partial charge is 1.00 e. The Hall–Kier alpha value is -1.53. The van der Waals surface area contributed by atoms with E-state index in [1.807, 2.05) is 0 Å².